The van der Waals surface area contributed by atoms with Crippen LogP contribution >= 0.6 is 0 Å². The van der Waals surface area contributed by atoms with Crippen LogP contribution in [0.3, 0.4) is 0 Å². The average Bonchev–Trinajstić information content (AvgIpc) is 1.56. The number of nitrogens with zero attached hydrogens (tertiary/aromatic N) is 8. The number of likely N-dealkylation sites (tertiary alicyclic amines) is 6. The van der Waals surface area contributed by atoms with Gasteiger partial charge in [0.15, 0.2) is 0 Å². The van der Waals surface area contributed by atoms with Crippen LogP contribution in [-0.2, 0) is 9.47 Å². The molecule has 766 valence electrons. The molecule has 13 saturated heterocycles. The second-order valence-corrected chi connectivity index (χ2v) is 61.4. The quantitative estimate of drug-likeness (QED) is 0.293. The zero-order valence-corrected chi connectivity index (χ0v) is 94.7. The third-order valence-corrected chi connectivity index (χ3v) is 39.3. The molecule has 0 radical (unpaired) electrons. The fourth-order valence-corrected chi connectivity index (χ4v) is 32.9. The number of ether oxygens (including phenoxy) is 2. The summed E-state index contributed by atoms with van der Waals surface area (Å²) in [7, 11) is 11.4. The van der Waals surface area contributed by atoms with Crippen molar-refractivity contribution >= 4 is 0 Å². The van der Waals surface area contributed by atoms with E-state index in [1.165, 1.54) is 284 Å². The van der Waals surface area contributed by atoms with Gasteiger partial charge < -0.3 is 39.3 Å². The number of piperidine rings is 5. The smallest absolute Gasteiger partial charge is 0.0509 e. The Hall–Kier alpha value is -0.440. The molecule has 0 aromatic heterocycles. The Kier molecular flexibility index (Phi) is 38.0. The highest BCUT2D eigenvalue weighted by Gasteiger charge is 2.59. The van der Waals surface area contributed by atoms with Gasteiger partial charge in [-0.05, 0) is 403 Å². The van der Waals surface area contributed by atoms with E-state index in [0.29, 0.717) is 59.7 Å². The molecule has 11 nitrogen and oxygen atoms in total. The van der Waals surface area contributed by atoms with Crippen LogP contribution in [0.4, 0.5) is 0 Å². The van der Waals surface area contributed by atoms with Crippen molar-refractivity contribution in [2.24, 2.45) is 154 Å². The monoisotopic (exact) mass is 1830 g/mol. The van der Waals surface area contributed by atoms with Crippen LogP contribution in [0.15, 0.2) is 0 Å². The fourth-order valence-electron chi connectivity index (χ4n) is 32.9. The summed E-state index contributed by atoms with van der Waals surface area (Å²) >= 11 is 0. The standard InChI is InChI=1S/C14H28N2.C13H25N.C12H23NO.2C12H23N.C12H22O.C12H22.C11H22N2.C11H21N.C11H20/c1-13(2,3)9-12-10-14(11-15-12)5-7-16(4)8-6-14;1-13(2,3)9-10-7-11-5-6-12(8-10)14(11)4;1-12(2,3)11-9-5-13(4)6-10(11)8-14-7-9;1-12(2,3)11-5-9-7-13(4)8-10(9)6-11;1-12(2,3)9-7-10-5-6-11(8-9)13(10)4;1-12(2,3)11-9-5-4-6-10(11)8-13-7-9;1-12(2,3)11-8-9-4-6-10(11)7-5-9;1-5-12-7-10-6-9(12)8-13(10)11(2,3)4;1-11(2,3)8-12-7-9-4-5-10(12)6-9;1-10(2,3)9-8-11(9)6-4-5-7-11/h12,15H,5-11H2,1-4H3;10-12H,5-9H2,1-4H3;9-11H,5-8H2,1-4H3;2*9-11H,5-8H2,1-4H3;9-11H,4-8H2,1-3H3;9-11H,4-8H2,1-3H3;9-10H,5-8H2,1-4H3;9-10H,4-8H2,1-3H3;9H,4-8H2,1-3H3. The minimum Gasteiger partial charge on any atom is -0.381 e. The second-order valence-electron chi connectivity index (χ2n) is 61.4. The first-order valence-electron chi connectivity index (χ1n) is 57.2. The van der Waals surface area contributed by atoms with Gasteiger partial charge in [-0.15, -0.1) is 0 Å². The maximum atomic E-state index is 5.68. The Bertz CT molecular complexity index is 3270. The van der Waals surface area contributed by atoms with Gasteiger partial charge in [0, 0.05) is 126 Å². The molecule has 21 rings (SSSR count). The molecular formula is C120H229N9O2. The molecule has 2 spiro atoms. The number of rotatable bonds is 4. The normalized spacial score (nSPS) is 38.0. The van der Waals surface area contributed by atoms with E-state index >= 15 is 0 Å². The van der Waals surface area contributed by atoms with Crippen LogP contribution in [0.2, 0.25) is 0 Å². The molecule has 13 aliphatic heterocycles. The van der Waals surface area contributed by atoms with Crippen molar-refractivity contribution in [3.05, 3.63) is 0 Å². The van der Waals surface area contributed by atoms with Gasteiger partial charge in [0.2, 0.25) is 0 Å². The number of likely N-dealkylation sites (N-methyl/N-ethyl adjacent to an activating group) is 1. The van der Waals surface area contributed by atoms with Gasteiger partial charge in [0.05, 0.1) is 13.2 Å². The molecule has 0 aromatic carbocycles. The first kappa shape index (κ1) is 111. The molecule has 8 saturated carbocycles. The summed E-state index contributed by atoms with van der Waals surface area (Å²) in [5.41, 5.74) is 6.51. The molecular weight excluding hydrogens is 1600 g/mol. The number of nitrogens with one attached hydrogen (secondary N) is 1. The van der Waals surface area contributed by atoms with Crippen LogP contribution in [0.25, 0.3) is 0 Å². The number of piperazine rings is 1. The predicted molar refractivity (Wildman–Crippen MR) is 567 cm³/mol. The lowest BCUT2D eigenvalue weighted by atomic mass is 9.57. The fraction of sp³-hybridized carbons (Fsp3) is 1.00. The zero-order chi connectivity index (χ0) is 96.5. The van der Waals surface area contributed by atoms with Crippen LogP contribution in [-0.4, -0.2) is 233 Å². The third-order valence-electron chi connectivity index (χ3n) is 39.3. The number of hydrogen-bond donors (Lipinski definition) is 1. The van der Waals surface area contributed by atoms with Crippen molar-refractivity contribution in [2.45, 2.75) is 474 Å². The van der Waals surface area contributed by atoms with Crippen molar-refractivity contribution in [1.29, 1.82) is 0 Å². The van der Waals surface area contributed by atoms with Crippen molar-refractivity contribution in [2.75, 3.05) is 140 Å². The Morgan fingerprint density at radius 1 is 0.336 bits per heavy atom. The molecule has 11 heteroatoms. The maximum absolute atomic E-state index is 5.68. The highest BCUT2D eigenvalue weighted by molar-refractivity contribution is 5.10. The maximum Gasteiger partial charge on any atom is 0.0509 e. The molecule has 14 bridgehead atoms. The molecule has 1 N–H and O–H groups in total. The first-order chi connectivity index (χ1) is 60.5. The van der Waals surface area contributed by atoms with Crippen molar-refractivity contribution < 1.29 is 9.47 Å². The molecule has 0 amide bonds. The molecule has 131 heavy (non-hydrogen) atoms. The van der Waals surface area contributed by atoms with E-state index in [0.717, 1.165) is 175 Å². The van der Waals surface area contributed by atoms with E-state index in [2.05, 4.69) is 294 Å². The summed E-state index contributed by atoms with van der Waals surface area (Å²) in [6, 6.07) is 7.06. The Balaban J connectivity index is 0.000000141. The first-order valence-corrected chi connectivity index (χ1v) is 57.2. The minimum absolute atomic E-state index is 0.374. The summed E-state index contributed by atoms with van der Waals surface area (Å²) in [4.78, 5) is 20.8. The molecule has 17 unspecified atom stereocenters. The van der Waals surface area contributed by atoms with E-state index < -0.39 is 0 Å². The van der Waals surface area contributed by atoms with Gasteiger partial charge in [-0.1, -0.05) is 226 Å². The Morgan fingerprint density at radius 3 is 1.17 bits per heavy atom. The van der Waals surface area contributed by atoms with Crippen molar-refractivity contribution in [3.63, 3.8) is 0 Å². The number of fused-ring (bicyclic) bond motifs is 16. The highest BCUT2D eigenvalue weighted by atomic mass is 16.5. The summed E-state index contributed by atoms with van der Waals surface area (Å²) < 4.78 is 11.3. The van der Waals surface area contributed by atoms with E-state index in [9.17, 15) is 0 Å². The van der Waals surface area contributed by atoms with Gasteiger partial charge in [0.1, 0.15) is 0 Å². The highest BCUT2D eigenvalue weighted by Crippen LogP contribution is 2.69. The topological polar surface area (TPSA) is 56.4 Å². The summed E-state index contributed by atoms with van der Waals surface area (Å²) in [5, 5.41) is 3.77. The molecule has 13 heterocycles. The minimum atomic E-state index is 0.374. The van der Waals surface area contributed by atoms with E-state index in [1.54, 1.807) is 0 Å². The van der Waals surface area contributed by atoms with Gasteiger partial charge in [-0.2, -0.15) is 0 Å². The van der Waals surface area contributed by atoms with E-state index in [4.69, 9.17) is 9.47 Å². The Morgan fingerprint density at radius 2 is 0.794 bits per heavy atom. The third kappa shape index (κ3) is 31.5. The average molecular weight is 1830 g/mol. The van der Waals surface area contributed by atoms with Gasteiger partial charge >= 0.3 is 0 Å². The lowest BCUT2D eigenvalue weighted by Gasteiger charge is -2.51. The molecule has 21 fully saturated rings. The predicted octanol–water partition coefficient (Wildman–Crippen LogP) is 27.8. The summed E-state index contributed by atoms with van der Waals surface area (Å²) in [5.74, 6) is 15.3. The van der Waals surface area contributed by atoms with Crippen molar-refractivity contribution in [1.82, 2.24) is 44.5 Å². The van der Waals surface area contributed by atoms with Crippen LogP contribution in [0.5, 0.6) is 0 Å². The van der Waals surface area contributed by atoms with Crippen LogP contribution in [0, 0.1) is 154 Å². The largest absolute Gasteiger partial charge is 0.381 e. The molecule has 17 atom stereocenters. The van der Waals surface area contributed by atoms with Crippen LogP contribution in [0.1, 0.15) is 420 Å². The summed E-state index contributed by atoms with van der Waals surface area (Å²) in [6.45, 7) is 93.4. The van der Waals surface area contributed by atoms with E-state index in [1.807, 2.05) is 0 Å². The second kappa shape index (κ2) is 44.8. The summed E-state index contributed by atoms with van der Waals surface area (Å²) in [6.07, 6.45) is 47.0. The Labute approximate surface area is 817 Å². The lowest BCUT2D eigenvalue weighted by Crippen LogP contribution is -2.54. The van der Waals surface area contributed by atoms with Gasteiger partial charge in [-0.25, -0.2) is 0 Å². The van der Waals surface area contributed by atoms with E-state index in [-0.39, 0.29) is 0 Å². The molecule has 0 aromatic rings. The number of hydrogen-bond acceptors (Lipinski definition) is 11. The molecule has 8 aliphatic carbocycles. The van der Waals surface area contributed by atoms with Gasteiger partial charge in [0.25, 0.3) is 0 Å². The van der Waals surface area contributed by atoms with Crippen LogP contribution < -0.4 is 5.32 Å². The molecule has 21 aliphatic rings. The van der Waals surface area contributed by atoms with Crippen molar-refractivity contribution in [3.8, 4) is 0 Å². The lowest BCUT2D eigenvalue weighted by molar-refractivity contribution is -0.112. The SMILES string of the molecule is CC(C)(C)C1C2CCCC1COC2.CC(C)(C)C1CC12CCCC2.CC(C)(C)C1CC2CCC1CC2.CC(C)(C)CN1CC2CCC1C2.CCN1CC2CC1CN2C(C)(C)C.CN1C2CCC1CC(C(C)(C)C)C2.CN1C2CCC1CC(CC(C)(C)C)C2.CN1CC2CC(C(C)(C)C)CC2C1.CN1CC2COCC(C1)C2C(C)(C)C.CN1CCC2(CC1)CNC(CC(C)(C)C)C2. The zero-order valence-electron chi connectivity index (χ0n) is 94.7. The van der Waals surface area contributed by atoms with Gasteiger partial charge in [-0.3, -0.25) is 14.7 Å².